The Labute approximate surface area is 138 Å². The van der Waals surface area contributed by atoms with E-state index in [2.05, 4.69) is 4.98 Å². The maximum atomic E-state index is 12.1. The molecule has 1 aliphatic heterocycles. The van der Waals surface area contributed by atoms with Gasteiger partial charge in [-0.2, -0.15) is 0 Å². The molecule has 1 atom stereocenters. The van der Waals surface area contributed by atoms with E-state index >= 15 is 0 Å². The van der Waals surface area contributed by atoms with Crippen LogP contribution in [0, 0.1) is 5.92 Å². The molecule has 2 rings (SSSR count). The zero-order valence-corrected chi connectivity index (χ0v) is 14.5. The van der Waals surface area contributed by atoms with E-state index in [1.165, 1.54) is 0 Å². The molecular formula is C17H27N3O3. The Kier molecular flexibility index (Phi) is 5.34. The summed E-state index contributed by atoms with van der Waals surface area (Å²) in [5, 5.41) is 0. The first-order valence-electron chi connectivity index (χ1n) is 8.06. The Morgan fingerprint density at radius 2 is 2.17 bits per heavy atom. The number of nitrogens with two attached hydrogens (primary N) is 1. The molecule has 0 aliphatic carbocycles. The minimum Gasteiger partial charge on any atom is -0.493 e. The molecule has 6 nitrogen and oxygen atoms in total. The van der Waals surface area contributed by atoms with E-state index in [0.717, 1.165) is 38.0 Å². The van der Waals surface area contributed by atoms with Gasteiger partial charge in [0, 0.05) is 18.8 Å². The van der Waals surface area contributed by atoms with Gasteiger partial charge in [-0.1, -0.05) is 0 Å². The molecule has 1 aromatic heterocycles. The normalized spacial score (nSPS) is 18.1. The monoisotopic (exact) mass is 321 g/mol. The summed E-state index contributed by atoms with van der Waals surface area (Å²) in [5.41, 5.74) is 6.34. The van der Waals surface area contributed by atoms with Gasteiger partial charge < -0.3 is 20.1 Å². The van der Waals surface area contributed by atoms with Crippen molar-refractivity contribution >= 4 is 11.9 Å². The van der Waals surface area contributed by atoms with Crippen LogP contribution in [0.25, 0.3) is 0 Å². The van der Waals surface area contributed by atoms with E-state index in [1.54, 1.807) is 12.0 Å². The van der Waals surface area contributed by atoms with Gasteiger partial charge in [-0.3, -0.25) is 0 Å². The fraction of sp³-hybridized carbons (Fsp3) is 0.647. The maximum Gasteiger partial charge on any atom is 0.410 e. The second kappa shape index (κ2) is 7.06. The van der Waals surface area contributed by atoms with Gasteiger partial charge >= 0.3 is 6.09 Å². The lowest BCUT2D eigenvalue weighted by Gasteiger charge is -2.24. The van der Waals surface area contributed by atoms with Crippen molar-refractivity contribution in [2.45, 2.75) is 45.6 Å². The van der Waals surface area contributed by atoms with E-state index < -0.39 is 5.60 Å². The largest absolute Gasteiger partial charge is 0.493 e. The summed E-state index contributed by atoms with van der Waals surface area (Å²) in [6.07, 6.45) is 2.62. The Morgan fingerprint density at radius 1 is 1.43 bits per heavy atom. The van der Waals surface area contributed by atoms with Crippen LogP contribution >= 0.6 is 0 Å². The highest BCUT2D eigenvalue weighted by atomic mass is 16.6. The number of likely N-dealkylation sites (tertiary alicyclic amines) is 1. The van der Waals surface area contributed by atoms with Gasteiger partial charge in [0.25, 0.3) is 0 Å². The molecule has 0 aromatic carbocycles. The molecule has 2 N–H and O–H groups in total. The van der Waals surface area contributed by atoms with Crippen LogP contribution in [-0.4, -0.2) is 41.8 Å². The summed E-state index contributed by atoms with van der Waals surface area (Å²) in [4.78, 5) is 18.2. The average molecular weight is 321 g/mol. The number of ether oxygens (including phenoxy) is 2. The van der Waals surface area contributed by atoms with Gasteiger partial charge in [0.05, 0.1) is 7.11 Å². The number of pyridine rings is 1. The van der Waals surface area contributed by atoms with Crippen LogP contribution in [0.2, 0.25) is 0 Å². The molecule has 0 bridgehead atoms. The Morgan fingerprint density at radius 3 is 2.78 bits per heavy atom. The number of nitrogen functional groups attached to an aromatic ring is 1. The highest BCUT2D eigenvalue weighted by Crippen LogP contribution is 2.24. The van der Waals surface area contributed by atoms with Gasteiger partial charge in [0.2, 0.25) is 0 Å². The van der Waals surface area contributed by atoms with Crippen molar-refractivity contribution in [2.24, 2.45) is 5.92 Å². The fourth-order valence-electron chi connectivity index (χ4n) is 2.73. The van der Waals surface area contributed by atoms with E-state index in [-0.39, 0.29) is 6.09 Å². The molecule has 0 saturated carbocycles. The van der Waals surface area contributed by atoms with E-state index in [1.807, 2.05) is 32.9 Å². The van der Waals surface area contributed by atoms with E-state index in [9.17, 15) is 4.79 Å². The van der Waals surface area contributed by atoms with E-state index in [0.29, 0.717) is 17.5 Å². The zero-order chi connectivity index (χ0) is 17.0. The summed E-state index contributed by atoms with van der Waals surface area (Å²) < 4.78 is 10.5. The SMILES string of the molecule is COc1ccc(CC[C@@H]2CCN(C(=O)OC(C)(C)C)C2)nc1N. The van der Waals surface area contributed by atoms with Crippen LogP contribution in [0.3, 0.4) is 0 Å². The van der Waals surface area contributed by atoms with Gasteiger partial charge in [-0.25, -0.2) is 9.78 Å². The summed E-state index contributed by atoms with van der Waals surface area (Å²) in [7, 11) is 1.58. The topological polar surface area (TPSA) is 77.7 Å². The molecule has 0 spiro atoms. The number of anilines is 1. The number of hydrogen-bond donors (Lipinski definition) is 1. The Balaban J connectivity index is 1.82. The Bertz CT molecular complexity index is 555. The standard InChI is InChI=1S/C17H27N3O3/c1-17(2,3)23-16(21)20-10-9-12(11-20)5-6-13-7-8-14(22-4)15(18)19-13/h7-8,12H,5-6,9-11H2,1-4H3,(H2,18,19)/t12-/m1/s1. The first-order valence-corrected chi connectivity index (χ1v) is 8.06. The predicted molar refractivity (Wildman–Crippen MR) is 89.4 cm³/mol. The lowest BCUT2D eigenvalue weighted by Crippen LogP contribution is -2.35. The van der Waals surface area contributed by atoms with Crippen molar-refractivity contribution in [1.29, 1.82) is 0 Å². The number of aromatic nitrogens is 1. The molecule has 1 aromatic rings. The number of nitrogens with zero attached hydrogens (tertiary/aromatic N) is 2. The average Bonchev–Trinajstić information content (AvgIpc) is 2.92. The zero-order valence-electron chi connectivity index (χ0n) is 14.5. The van der Waals surface area contributed by atoms with Crippen molar-refractivity contribution in [3.63, 3.8) is 0 Å². The van der Waals surface area contributed by atoms with Crippen LogP contribution in [0.4, 0.5) is 10.6 Å². The third-order valence-corrected chi connectivity index (χ3v) is 3.91. The van der Waals surface area contributed by atoms with Crippen LogP contribution in [0.1, 0.15) is 39.3 Å². The summed E-state index contributed by atoms with van der Waals surface area (Å²) in [6.45, 7) is 7.17. The van der Waals surface area contributed by atoms with Crippen molar-refractivity contribution in [3.05, 3.63) is 17.8 Å². The number of carbonyl (C=O) groups excluding carboxylic acids is 1. The van der Waals surface area contributed by atoms with Crippen LogP contribution in [0.15, 0.2) is 12.1 Å². The molecule has 1 saturated heterocycles. The summed E-state index contributed by atoms with van der Waals surface area (Å²) in [6, 6.07) is 3.79. The third-order valence-electron chi connectivity index (χ3n) is 3.91. The number of amides is 1. The van der Waals surface area contributed by atoms with Crippen LogP contribution in [0.5, 0.6) is 5.75 Å². The number of rotatable bonds is 4. The lowest BCUT2D eigenvalue weighted by atomic mass is 10.0. The third kappa shape index (κ3) is 5.01. The van der Waals surface area contributed by atoms with Gasteiger partial charge in [-0.05, 0) is 58.1 Å². The number of aryl methyl sites for hydroxylation is 1. The van der Waals surface area contributed by atoms with Gasteiger partial charge in [0.15, 0.2) is 11.6 Å². The van der Waals surface area contributed by atoms with E-state index in [4.69, 9.17) is 15.2 Å². The van der Waals surface area contributed by atoms with Crippen LogP contribution in [-0.2, 0) is 11.2 Å². The second-order valence-electron chi connectivity index (χ2n) is 7.01. The number of methoxy groups -OCH3 is 1. The van der Waals surface area contributed by atoms with Crippen molar-refractivity contribution in [3.8, 4) is 5.75 Å². The molecule has 1 aliphatic rings. The minimum atomic E-state index is -0.445. The molecule has 0 radical (unpaired) electrons. The van der Waals surface area contributed by atoms with Crippen molar-refractivity contribution in [1.82, 2.24) is 9.88 Å². The molecule has 0 unspecified atom stereocenters. The van der Waals surface area contributed by atoms with Crippen molar-refractivity contribution < 1.29 is 14.3 Å². The number of hydrogen-bond acceptors (Lipinski definition) is 5. The molecule has 2 heterocycles. The molecule has 1 amide bonds. The van der Waals surface area contributed by atoms with Gasteiger partial charge in [-0.15, -0.1) is 0 Å². The molecule has 23 heavy (non-hydrogen) atoms. The smallest absolute Gasteiger partial charge is 0.410 e. The highest BCUT2D eigenvalue weighted by Gasteiger charge is 2.29. The van der Waals surface area contributed by atoms with Gasteiger partial charge in [0.1, 0.15) is 5.60 Å². The van der Waals surface area contributed by atoms with Crippen LogP contribution < -0.4 is 10.5 Å². The predicted octanol–water partition coefficient (Wildman–Crippen LogP) is 2.86. The fourth-order valence-corrected chi connectivity index (χ4v) is 2.73. The second-order valence-corrected chi connectivity index (χ2v) is 7.01. The molecule has 1 fully saturated rings. The lowest BCUT2D eigenvalue weighted by molar-refractivity contribution is 0.0287. The number of carbonyl (C=O) groups is 1. The molecule has 128 valence electrons. The first kappa shape index (κ1) is 17.4. The molecule has 6 heteroatoms. The molecular weight excluding hydrogens is 294 g/mol. The summed E-state index contributed by atoms with van der Waals surface area (Å²) >= 11 is 0. The highest BCUT2D eigenvalue weighted by molar-refractivity contribution is 5.68. The Hall–Kier alpha value is -1.98. The minimum absolute atomic E-state index is 0.216. The van der Waals surface area contributed by atoms with Crippen molar-refractivity contribution in [2.75, 3.05) is 25.9 Å². The quantitative estimate of drug-likeness (QED) is 0.922. The first-order chi connectivity index (χ1) is 10.8. The summed E-state index contributed by atoms with van der Waals surface area (Å²) in [5.74, 6) is 1.50. The maximum absolute atomic E-state index is 12.1.